The first kappa shape index (κ1) is 14.5. The normalized spacial score (nSPS) is 16.1. The van der Waals surface area contributed by atoms with E-state index in [4.69, 9.17) is 0 Å². The third kappa shape index (κ3) is 2.14. The van der Waals surface area contributed by atoms with E-state index in [1.165, 1.54) is 0 Å². The fourth-order valence-corrected chi connectivity index (χ4v) is 3.08. The van der Waals surface area contributed by atoms with Crippen LogP contribution in [0.5, 0.6) is 0 Å². The average Bonchev–Trinajstić information content (AvgIpc) is 2.85. The first-order valence-electron chi connectivity index (χ1n) is 7.57. The van der Waals surface area contributed by atoms with Crippen molar-refractivity contribution in [3.8, 4) is 5.69 Å². The number of nitrogens with zero attached hydrogens (tertiary/aromatic N) is 3. The Morgan fingerprint density at radius 1 is 1.23 bits per heavy atom. The zero-order valence-electron chi connectivity index (χ0n) is 12.8. The second-order valence-corrected chi connectivity index (χ2v) is 6.06. The molecule has 0 bridgehead atoms. The fraction of sp³-hybridized carbons (Fsp3) is 0.412. The number of para-hydroxylation sites is 1. The average molecular weight is 297 g/mol. The number of aliphatic imine (C=N–C) groups is 1. The van der Waals surface area contributed by atoms with Crippen LogP contribution in [-0.2, 0) is 10.3 Å². The van der Waals surface area contributed by atoms with Gasteiger partial charge in [0.2, 0.25) is 6.08 Å². The van der Waals surface area contributed by atoms with E-state index >= 15 is 0 Å². The van der Waals surface area contributed by atoms with Crippen LogP contribution in [0.25, 0.3) is 5.69 Å². The summed E-state index contributed by atoms with van der Waals surface area (Å²) in [7, 11) is 0. The van der Waals surface area contributed by atoms with E-state index < -0.39 is 5.54 Å². The largest absolute Gasteiger partial charge is 0.332 e. The number of carbonyl (C=O) groups excluding carboxylic acids is 1. The molecule has 3 rings (SSSR count). The molecular weight excluding hydrogens is 278 g/mol. The third-order valence-electron chi connectivity index (χ3n) is 4.46. The van der Waals surface area contributed by atoms with Gasteiger partial charge in [-0.2, -0.15) is 4.99 Å². The lowest BCUT2D eigenvalue weighted by atomic mass is 9.72. The standard InChI is InChI=1S/C17H19N3O2/c1-13(2)19-10-11-20(16(19)22)15-7-4-3-6-14(15)17(18-12-21)8-5-9-17/h3-4,6-7,10-11,13H,5,8-9H2,1-2H3. The van der Waals surface area contributed by atoms with Gasteiger partial charge in [0, 0.05) is 24.0 Å². The number of rotatable bonds is 4. The van der Waals surface area contributed by atoms with Gasteiger partial charge in [-0.15, -0.1) is 0 Å². The van der Waals surface area contributed by atoms with Gasteiger partial charge in [-0.05, 0) is 39.2 Å². The van der Waals surface area contributed by atoms with Gasteiger partial charge < -0.3 is 0 Å². The zero-order chi connectivity index (χ0) is 15.7. The molecule has 0 radical (unpaired) electrons. The molecule has 114 valence electrons. The maximum atomic E-state index is 12.6. The Hall–Kier alpha value is -2.39. The van der Waals surface area contributed by atoms with Crippen molar-refractivity contribution in [1.29, 1.82) is 0 Å². The second kappa shape index (κ2) is 5.43. The molecule has 0 atom stereocenters. The molecule has 5 nitrogen and oxygen atoms in total. The van der Waals surface area contributed by atoms with Crippen LogP contribution in [0.3, 0.4) is 0 Å². The Morgan fingerprint density at radius 3 is 2.50 bits per heavy atom. The maximum Gasteiger partial charge on any atom is 0.332 e. The van der Waals surface area contributed by atoms with Gasteiger partial charge in [0.05, 0.1) is 5.69 Å². The Bertz CT molecular complexity index is 790. The number of imidazole rings is 1. The van der Waals surface area contributed by atoms with Crippen molar-refractivity contribution in [3.63, 3.8) is 0 Å². The van der Waals surface area contributed by atoms with E-state index in [0.29, 0.717) is 0 Å². The number of isocyanates is 1. The summed E-state index contributed by atoms with van der Waals surface area (Å²) in [4.78, 5) is 27.5. The predicted octanol–water partition coefficient (Wildman–Crippen LogP) is 2.93. The molecule has 1 aromatic heterocycles. The van der Waals surface area contributed by atoms with Gasteiger partial charge in [0.25, 0.3) is 0 Å². The lowest BCUT2D eigenvalue weighted by Gasteiger charge is -2.38. The van der Waals surface area contributed by atoms with Gasteiger partial charge in [0.1, 0.15) is 5.54 Å². The van der Waals surface area contributed by atoms with E-state index in [-0.39, 0.29) is 11.7 Å². The number of aromatic nitrogens is 2. The molecule has 1 aromatic carbocycles. The third-order valence-corrected chi connectivity index (χ3v) is 4.46. The van der Waals surface area contributed by atoms with E-state index in [1.807, 2.05) is 38.1 Å². The smallest absolute Gasteiger partial charge is 0.296 e. The molecule has 1 aliphatic carbocycles. The number of hydrogen-bond donors (Lipinski definition) is 0. The Kier molecular flexibility index (Phi) is 3.59. The van der Waals surface area contributed by atoms with Crippen LogP contribution in [0, 0.1) is 0 Å². The molecule has 0 N–H and O–H groups in total. The van der Waals surface area contributed by atoms with Crippen molar-refractivity contribution < 1.29 is 4.79 Å². The minimum atomic E-state index is -0.516. The van der Waals surface area contributed by atoms with Crippen molar-refractivity contribution in [2.75, 3.05) is 0 Å². The fourth-order valence-electron chi connectivity index (χ4n) is 3.08. The number of benzene rings is 1. The van der Waals surface area contributed by atoms with Crippen molar-refractivity contribution in [2.45, 2.75) is 44.7 Å². The molecule has 22 heavy (non-hydrogen) atoms. The minimum absolute atomic E-state index is 0.0768. The highest BCUT2D eigenvalue weighted by molar-refractivity contribution is 5.49. The van der Waals surface area contributed by atoms with E-state index in [9.17, 15) is 9.59 Å². The zero-order valence-corrected chi connectivity index (χ0v) is 12.8. The van der Waals surface area contributed by atoms with Gasteiger partial charge in [-0.25, -0.2) is 9.59 Å². The van der Waals surface area contributed by atoms with E-state index in [2.05, 4.69) is 4.99 Å². The molecule has 0 unspecified atom stereocenters. The lowest BCUT2D eigenvalue weighted by Crippen LogP contribution is -2.34. The van der Waals surface area contributed by atoms with Crippen LogP contribution in [-0.4, -0.2) is 15.2 Å². The molecule has 0 spiro atoms. The summed E-state index contributed by atoms with van der Waals surface area (Å²) in [6.45, 7) is 3.95. The molecule has 1 fully saturated rings. The SMILES string of the molecule is CC(C)n1ccn(-c2ccccc2C2(N=C=O)CCC2)c1=O. The summed E-state index contributed by atoms with van der Waals surface area (Å²) >= 11 is 0. The first-order valence-corrected chi connectivity index (χ1v) is 7.57. The summed E-state index contributed by atoms with van der Waals surface area (Å²) in [5, 5.41) is 0. The van der Waals surface area contributed by atoms with Gasteiger partial charge in [0.15, 0.2) is 0 Å². The molecule has 0 aliphatic heterocycles. The molecule has 1 aliphatic rings. The number of hydrogen-bond acceptors (Lipinski definition) is 3. The van der Waals surface area contributed by atoms with Crippen molar-refractivity contribution in [3.05, 3.63) is 52.7 Å². The molecule has 5 heteroatoms. The summed E-state index contributed by atoms with van der Waals surface area (Å²) in [5.74, 6) is 0. The van der Waals surface area contributed by atoms with Crippen molar-refractivity contribution in [2.24, 2.45) is 4.99 Å². The van der Waals surface area contributed by atoms with Crippen molar-refractivity contribution in [1.82, 2.24) is 9.13 Å². The Labute approximate surface area is 128 Å². The van der Waals surface area contributed by atoms with Crippen LogP contribution in [0.15, 0.2) is 46.4 Å². The molecule has 0 amide bonds. The van der Waals surface area contributed by atoms with Gasteiger partial charge in [-0.3, -0.25) is 9.13 Å². The van der Waals surface area contributed by atoms with Gasteiger partial charge >= 0.3 is 5.69 Å². The quantitative estimate of drug-likeness (QED) is 0.643. The molecule has 1 saturated carbocycles. The molecule has 0 saturated heterocycles. The second-order valence-electron chi connectivity index (χ2n) is 6.06. The summed E-state index contributed by atoms with van der Waals surface area (Å²) in [6, 6.07) is 7.78. The predicted molar refractivity (Wildman–Crippen MR) is 84.1 cm³/mol. The highest BCUT2D eigenvalue weighted by Crippen LogP contribution is 2.46. The van der Waals surface area contributed by atoms with Crippen LogP contribution in [0.1, 0.15) is 44.7 Å². The first-order chi connectivity index (χ1) is 10.6. The molecular formula is C17H19N3O2. The minimum Gasteiger partial charge on any atom is -0.296 e. The monoisotopic (exact) mass is 297 g/mol. The molecule has 2 aromatic rings. The van der Waals surface area contributed by atoms with E-state index in [0.717, 1.165) is 30.5 Å². The maximum absolute atomic E-state index is 12.6. The van der Waals surface area contributed by atoms with Crippen LogP contribution in [0.4, 0.5) is 0 Å². The topological polar surface area (TPSA) is 56.4 Å². The summed E-state index contributed by atoms with van der Waals surface area (Å²) in [5.41, 5.74) is 1.13. The van der Waals surface area contributed by atoms with E-state index in [1.54, 1.807) is 27.6 Å². The molecule has 1 heterocycles. The lowest BCUT2D eigenvalue weighted by molar-refractivity contribution is 0.255. The summed E-state index contributed by atoms with van der Waals surface area (Å²) in [6.07, 6.45) is 7.94. The highest BCUT2D eigenvalue weighted by atomic mass is 16.1. The van der Waals surface area contributed by atoms with Crippen LogP contribution in [0.2, 0.25) is 0 Å². The Morgan fingerprint density at radius 2 is 1.95 bits per heavy atom. The van der Waals surface area contributed by atoms with Gasteiger partial charge in [-0.1, -0.05) is 18.2 Å². The Balaban J connectivity index is 2.18. The van der Waals surface area contributed by atoms with Crippen molar-refractivity contribution >= 4 is 6.08 Å². The van der Waals surface area contributed by atoms with Crippen LogP contribution < -0.4 is 5.69 Å². The highest BCUT2D eigenvalue weighted by Gasteiger charge is 2.40. The van der Waals surface area contributed by atoms with Crippen LogP contribution >= 0.6 is 0 Å². The summed E-state index contributed by atoms with van der Waals surface area (Å²) < 4.78 is 3.32.